The summed E-state index contributed by atoms with van der Waals surface area (Å²) in [7, 11) is 0. The first-order chi connectivity index (χ1) is 17.1. The van der Waals surface area contributed by atoms with Gasteiger partial charge in [-0.2, -0.15) is 0 Å². The van der Waals surface area contributed by atoms with Crippen LogP contribution in [0.5, 0.6) is 5.75 Å². The van der Waals surface area contributed by atoms with Gasteiger partial charge in [0.25, 0.3) is 0 Å². The second-order valence-corrected chi connectivity index (χ2v) is 9.22. The third-order valence-electron chi connectivity index (χ3n) is 6.02. The Bertz CT molecular complexity index is 884. The van der Waals surface area contributed by atoms with Crippen LogP contribution in [0.2, 0.25) is 0 Å². The molecule has 4 heteroatoms. The summed E-state index contributed by atoms with van der Waals surface area (Å²) in [5.74, 6) is 0.981. The highest BCUT2D eigenvalue weighted by molar-refractivity contribution is 5.87. The van der Waals surface area contributed by atoms with Gasteiger partial charge in [-0.3, -0.25) is 4.99 Å². The van der Waals surface area contributed by atoms with Crippen molar-refractivity contribution in [3.05, 3.63) is 65.7 Å². The molecular weight excluding hydrogens is 434 g/mol. The van der Waals surface area contributed by atoms with Crippen molar-refractivity contribution in [1.29, 1.82) is 0 Å². The summed E-state index contributed by atoms with van der Waals surface area (Å²) in [6, 6.07) is 15.8. The Hall–Kier alpha value is -2.88. The Morgan fingerprint density at radius 2 is 1.49 bits per heavy atom. The molecule has 0 heterocycles. The normalized spacial score (nSPS) is 12.3. The first-order valence-corrected chi connectivity index (χ1v) is 13.3. The van der Waals surface area contributed by atoms with Crippen molar-refractivity contribution in [2.24, 2.45) is 10.9 Å². The maximum Gasteiger partial charge on any atom is 0.330 e. The summed E-state index contributed by atoms with van der Waals surface area (Å²) >= 11 is 0. The lowest BCUT2D eigenvalue weighted by Crippen LogP contribution is -2.08. The minimum atomic E-state index is -0.308. The van der Waals surface area contributed by atoms with Crippen LogP contribution < -0.4 is 4.74 Å². The fourth-order valence-electron chi connectivity index (χ4n) is 3.45. The van der Waals surface area contributed by atoms with Crippen LogP contribution >= 0.6 is 0 Å². The number of rotatable bonds is 17. The SMILES string of the molecule is CCCCCCCCCCOc1ccc(C=Nc2ccc(C=CC(=O)OC[C@@H](C)CC)cc2)cc1. The van der Waals surface area contributed by atoms with Crippen LogP contribution in [-0.4, -0.2) is 25.4 Å². The maximum absolute atomic E-state index is 11.8. The van der Waals surface area contributed by atoms with Crippen LogP contribution in [0, 0.1) is 5.92 Å². The fourth-order valence-corrected chi connectivity index (χ4v) is 3.45. The molecular formula is C31H43NO3. The Labute approximate surface area is 212 Å². The molecule has 0 amide bonds. The number of hydrogen-bond donors (Lipinski definition) is 0. The van der Waals surface area contributed by atoms with Gasteiger partial charge < -0.3 is 9.47 Å². The average molecular weight is 478 g/mol. The summed E-state index contributed by atoms with van der Waals surface area (Å²) in [5.41, 5.74) is 2.82. The number of nitrogens with zero attached hydrogens (tertiary/aromatic N) is 1. The third kappa shape index (κ3) is 13.0. The van der Waals surface area contributed by atoms with Crippen LogP contribution in [0.4, 0.5) is 5.69 Å². The van der Waals surface area contributed by atoms with E-state index in [2.05, 4.69) is 25.8 Å². The smallest absolute Gasteiger partial charge is 0.330 e. The molecule has 4 nitrogen and oxygen atoms in total. The van der Waals surface area contributed by atoms with E-state index < -0.39 is 0 Å². The van der Waals surface area contributed by atoms with Gasteiger partial charge in [-0.05, 0) is 65.9 Å². The monoisotopic (exact) mass is 477 g/mol. The van der Waals surface area contributed by atoms with Crippen molar-refractivity contribution in [2.75, 3.05) is 13.2 Å². The van der Waals surface area contributed by atoms with Gasteiger partial charge in [-0.15, -0.1) is 0 Å². The second-order valence-electron chi connectivity index (χ2n) is 9.22. The van der Waals surface area contributed by atoms with Crippen LogP contribution in [0.15, 0.2) is 59.6 Å². The van der Waals surface area contributed by atoms with Crippen molar-refractivity contribution in [2.45, 2.75) is 78.6 Å². The van der Waals surface area contributed by atoms with Crippen LogP contribution in [0.1, 0.15) is 89.7 Å². The van der Waals surface area contributed by atoms with Gasteiger partial charge in [0.05, 0.1) is 18.9 Å². The lowest BCUT2D eigenvalue weighted by Gasteiger charge is -2.07. The standard InChI is InChI=1S/C31H43NO3/c1-4-6-7-8-9-10-11-12-23-34-30-20-15-28(16-21-30)24-32-29-18-13-27(14-19-29)17-22-31(33)35-25-26(3)5-2/h13-22,24,26H,4-12,23,25H2,1-3H3/t26-/m0/s1. The number of hydrogen-bond acceptors (Lipinski definition) is 4. The number of benzene rings is 2. The average Bonchev–Trinajstić information content (AvgIpc) is 2.89. The van der Waals surface area contributed by atoms with Crippen LogP contribution in [-0.2, 0) is 9.53 Å². The van der Waals surface area contributed by atoms with E-state index in [0.29, 0.717) is 12.5 Å². The molecule has 35 heavy (non-hydrogen) atoms. The van der Waals surface area contributed by atoms with Crippen molar-refractivity contribution in [3.8, 4) is 5.75 Å². The molecule has 0 radical (unpaired) electrons. The number of carbonyl (C=O) groups excluding carboxylic acids is 1. The molecule has 0 aliphatic rings. The largest absolute Gasteiger partial charge is 0.494 e. The van der Waals surface area contributed by atoms with Gasteiger partial charge in [0.1, 0.15) is 5.75 Å². The quantitative estimate of drug-likeness (QED) is 0.0992. The lowest BCUT2D eigenvalue weighted by atomic mass is 10.1. The second kappa shape index (κ2) is 17.5. The molecule has 1 atom stereocenters. The Balaban J connectivity index is 1.69. The first kappa shape index (κ1) is 28.4. The molecule has 0 unspecified atom stereocenters. The Kier molecular flexibility index (Phi) is 14.2. The van der Waals surface area contributed by atoms with Gasteiger partial charge in [0.2, 0.25) is 0 Å². The number of aliphatic imine (C=N–C) groups is 1. The molecule has 2 aromatic carbocycles. The van der Waals surface area contributed by atoms with Gasteiger partial charge in [0.15, 0.2) is 0 Å². The van der Waals surface area contributed by atoms with Crippen molar-refractivity contribution < 1.29 is 14.3 Å². The first-order valence-electron chi connectivity index (χ1n) is 13.3. The van der Waals surface area contributed by atoms with E-state index in [9.17, 15) is 4.79 Å². The maximum atomic E-state index is 11.8. The van der Waals surface area contributed by atoms with Crippen molar-refractivity contribution >= 4 is 23.9 Å². The molecule has 2 aromatic rings. The number of unbranched alkanes of at least 4 members (excludes halogenated alkanes) is 7. The molecule has 0 aliphatic carbocycles. The van der Waals surface area contributed by atoms with Gasteiger partial charge in [-0.25, -0.2) is 4.79 Å². The molecule has 190 valence electrons. The minimum absolute atomic E-state index is 0.308. The molecule has 0 N–H and O–H groups in total. The van der Waals surface area contributed by atoms with E-state index in [1.807, 2.05) is 54.7 Å². The summed E-state index contributed by atoms with van der Waals surface area (Å²) < 4.78 is 11.1. The molecule has 0 saturated carbocycles. The predicted octanol–water partition coefficient (Wildman–Crippen LogP) is 8.56. The van der Waals surface area contributed by atoms with Gasteiger partial charge in [0, 0.05) is 12.3 Å². The van der Waals surface area contributed by atoms with E-state index in [-0.39, 0.29) is 5.97 Å². The topological polar surface area (TPSA) is 47.9 Å². The zero-order chi connectivity index (χ0) is 25.1. The van der Waals surface area contributed by atoms with E-state index in [0.717, 1.165) is 42.0 Å². The lowest BCUT2D eigenvalue weighted by molar-refractivity contribution is -0.138. The van der Waals surface area contributed by atoms with Crippen LogP contribution in [0.25, 0.3) is 6.08 Å². The number of ether oxygens (including phenoxy) is 2. The van der Waals surface area contributed by atoms with E-state index in [1.165, 1.54) is 51.0 Å². The van der Waals surface area contributed by atoms with Gasteiger partial charge >= 0.3 is 5.97 Å². The van der Waals surface area contributed by atoms with E-state index >= 15 is 0 Å². The third-order valence-corrected chi connectivity index (χ3v) is 6.02. The molecule has 0 aromatic heterocycles. The summed E-state index contributed by atoms with van der Waals surface area (Å²) in [4.78, 5) is 16.3. The highest BCUT2D eigenvalue weighted by Crippen LogP contribution is 2.16. The molecule has 0 aliphatic heterocycles. The highest BCUT2D eigenvalue weighted by atomic mass is 16.5. The van der Waals surface area contributed by atoms with Crippen LogP contribution in [0.3, 0.4) is 0 Å². The Morgan fingerprint density at radius 3 is 2.14 bits per heavy atom. The van der Waals surface area contributed by atoms with E-state index in [4.69, 9.17) is 9.47 Å². The zero-order valence-electron chi connectivity index (χ0n) is 21.9. The molecule has 0 saturated heterocycles. The summed E-state index contributed by atoms with van der Waals surface area (Å²) in [5, 5.41) is 0. The van der Waals surface area contributed by atoms with Gasteiger partial charge in [-0.1, -0.05) is 84.3 Å². The van der Waals surface area contributed by atoms with E-state index in [1.54, 1.807) is 6.08 Å². The summed E-state index contributed by atoms with van der Waals surface area (Å²) in [6.45, 7) is 7.64. The molecule has 0 spiro atoms. The molecule has 0 bridgehead atoms. The number of esters is 1. The minimum Gasteiger partial charge on any atom is -0.494 e. The predicted molar refractivity (Wildman–Crippen MR) is 148 cm³/mol. The van der Waals surface area contributed by atoms with Crippen molar-refractivity contribution in [3.63, 3.8) is 0 Å². The Morgan fingerprint density at radius 1 is 0.857 bits per heavy atom. The zero-order valence-corrected chi connectivity index (χ0v) is 21.9. The summed E-state index contributed by atoms with van der Waals surface area (Å²) in [6.07, 6.45) is 16.5. The number of carbonyl (C=O) groups is 1. The molecule has 0 fully saturated rings. The highest BCUT2D eigenvalue weighted by Gasteiger charge is 2.02. The molecule has 2 rings (SSSR count). The van der Waals surface area contributed by atoms with Crippen molar-refractivity contribution in [1.82, 2.24) is 0 Å². The fraction of sp³-hybridized carbons (Fsp3) is 0.484.